The molecule has 0 unspecified atom stereocenters. The maximum atomic E-state index is 14.1. The van der Waals surface area contributed by atoms with Crippen LogP contribution in [0.5, 0.6) is 0 Å². The number of hydrogen-bond acceptors (Lipinski definition) is 3. The van der Waals surface area contributed by atoms with Gasteiger partial charge < -0.3 is 14.2 Å². The largest absolute Gasteiger partial charge is 0.458 e. The maximum Gasteiger partial charge on any atom is 0.458 e. The predicted octanol–water partition coefficient (Wildman–Crippen LogP) is 4.55. The molecule has 0 N–H and O–H groups in total. The Morgan fingerprint density at radius 3 is 2.09 bits per heavy atom. The Balaban J connectivity index is 1.91. The van der Waals surface area contributed by atoms with E-state index in [9.17, 15) is 4.39 Å². The number of hydrogen-bond donors (Lipinski definition) is 0. The van der Waals surface area contributed by atoms with Crippen LogP contribution in [0, 0.1) is 0 Å². The van der Waals surface area contributed by atoms with Gasteiger partial charge in [0.25, 0.3) is 0 Å². The Labute approximate surface area is 139 Å². The molecule has 2 rings (SSSR count). The van der Waals surface area contributed by atoms with Crippen molar-refractivity contribution in [2.45, 2.75) is 51.6 Å². The zero-order valence-corrected chi connectivity index (χ0v) is 15.0. The monoisotopic (exact) mass is 319 g/mol. The SMILES string of the molecule is CN(C)c1ccc(/C=C(\F)CCB2OC(C)(C)C(C)(C)O2)cc1. The quantitative estimate of drug-likeness (QED) is 0.744. The molecule has 1 aromatic rings. The van der Waals surface area contributed by atoms with Gasteiger partial charge in [0.05, 0.1) is 11.2 Å². The van der Waals surface area contributed by atoms with Crippen LogP contribution >= 0.6 is 0 Å². The molecule has 1 fully saturated rings. The molecular weight excluding hydrogens is 292 g/mol. The number of halogens is 1. The summed E-state index contributed by atoms with van der Waals surface area (Å²) in [5.74, 6) is -0.155. The van der Waals surface area contributed by atoms with Crippen molar-refractivity contribution in [1.29, 1.82) is 0 Å². The molecule has 0 spiro atoms. The van der Waals surface area contributed by atoms with E-state index in [0.29, 0.717) is 12.7 Å². The minimum absolute atomic E-state index is 0.155. The van der Waals surface area contributed by atoms with Gasteiger partial charge in [-0.3, -0.25) is 0 Å². The van der Waals surface area contributed by atoms with Crippen LogP contribution in [0.1, 0.15) is 39.7 Å². The molecule has 0 aliphatic carbocycles. The highest BCUT2D eigenvalue weighted by Gasteiger charge is 2.50. The predicted molar refractivity (Wildman–Crippen MR) is 95.4 cm³/mol. The maximum absolute atomic E-state index is 14.1. The third-order valence-electron chi connectivity index (χ3n) is 4.65. The summed E-state index contributed by atoms with van der Waals surface area (Å²) in [5, 5.41) is 0. The van der Waals surface area contributed by atoms with Gasteiger partial charge >= 0.3 is 7.12 Å². The molecular formula is C18H27BFNO2. The van der Waals surface area contributed by atoms with Gasteiger partial charge in [-0.25, -0.2) is 4.39 Å². The van der Waals surface area contributed by atoms with E-state index in [0.717, 1.165) is 11.3 Å². The molecule has 0 bridgehead atoms. The van der Waals surface area contributed by atoms with Crippen molar-refractivity contribution in [3.05, 3.63) is 35.7 Å². The van der Waals surface area contributed by atoms with E-state index >= 15 is 0 Å². The summed E-state index contributed by atoms with van der Waals surface area (Å²) in [4.78, 5) is 2.02. The van der Waals surface area contributed by atoms with E-state index in [4.69, 9.17) is 9.31 Å². The molecule has 1 aliphatic heterocycles. The number of rotatable bonds is 5. The van der Waals surface area contributed by atoms with Gasteiger partial charge in [-0.2, -0.15) is 0 Å². The Morgan fingerprint density at radius 1 is 1.09 bits per heavy atom. The van der Waals surface area contributed by atoms with E-state index in [1.54, 1.807) is 6.08 Å². The average molecular weight is 319 g/mol. The Kier molecular flexibility index (Phi) is 5.22. The standard InChI is InChI=1S/C18H27BFNO2/c1-17(2)18(3,4)23-19(22-17)12-11-15(20)13-14-7-9-16(10-8-14)21(5)6/h7-10,13H,11-12H2,1-6H3/b15-13-. The number of nitrogens with zero attached hydrogens (tertiary/aromatic N) is 1. The van der Waals surface area contributed by atoms with Gasteiger partial charge in [-0.1, -0.05) is 12.1 Å². The molecule has 126 valence electrons. The fraction of sp³-hybridized carbons (Fsp3) is 0.556. The van der Waals surface area contributed by atoms with Gasteiger partial charge in [0.2, 0.25) is 0 Å². The second-order valence-corrected chi connectivity index (χ2v) is 7.30. The molecule has 5 heteroatoms. The van der Waals surface area contributed by atoms with Crippen LogP contribution in [0.15, 0.2) is 30.1 Å². The van der Waals surface area contributed by atoms with E-state index in [-0.39, 0.29) is 24.1 Å². The molecule has 0 saturated carbocycles. The lowest BCUT2D eigenvalue weighted by Crippen LogP contribution is -2.41. The first-order valence-electron chi connectivity index (χ1n) is 8.10. The van der Waals surface area contributed by atoms with E-state index < -0.39 is 0 Å². The first-order chi connectivity index (χ1) is 10.6. The molecule has 0 radical (unpaired) electrons. The fourth-order valence-corrected chi connectivity index (χ4v) is 2.46. The lowest BCUT2D eigenvalue weighted by atomic mass is 9.83. The number of benzene rings is 1. The average Bonchev–Trinajstić information content (AvgIpc) is 2.65. The van der Waals surface area contributed by atoms with Crippen LogP contribution in [0.4, 0.5) is 10.1 Å². The van der Waals surface area contributed by atoms with Crippen molar-refractivity contribution in [1.82, 2.24) is 0 Å². The highest BCUT2D eigenvalue weighted by atomic mass is 19.1. The number of allylic oxidation sites excluding steroid dienone is 1. The van der Waals surface area contributed by atoms with Crippen LogP contribution in [0.25, 0.3) is 6.08 Å². The van der Waals surface area contributed by atoms with Gasteiger partial charge in [0, 0.05) is 19.8 Å². The van der Waals surface area contributed by atoms with Gasteiger partial charge in [-0.15, -0.1) is 0 Å². The third-order valence-corrected chi connectivity index (χ3v) is 4.65. The normalized spacial score (nSPS) is 20.0. The minimum atomic E-state index is -0.361. The zero-order chi connectivity index (χ0) is 17.3. The van der Waals surface area contributed by atoms with Crippen LogP contribution in [-0.2, 0) is 9.31 Å². The van der Waals surface area contributed by atoms with Crippen LogP contribution < -0.4 is 4.90 Å². The molecule has 23 heavy (non-hydrogen) atoms. The topological polar surface area (TPSA) is 21.7 Å². The first-order valence-corrected chi connectivity index (χ1v) is 8.10. The fourth-order valence-electron chi connectivity index (χ4n) is 2.46. The molecule has 1 saturated heterocycles. The first kappa shape index (κ1) is 18.0. The summed E-state index contributed by atoms with van der Waals surface area (Å²) in [6.07, 6.45) is 2.40. The van der Waals surface area contributed by atoms with Crippen molar-refractivity contribution in [2.24, 2.45) is 0 Å². The van der Waals surface area contributed by atoms with E-state index in [1.165, 1.54) is 0 Å². The number of anilines is 1. The molecule has 1 aromatic carbocycles. The summed E-state index contributed by atoms with van der Waals surface area (Å²) in [5.41, 5.74) is 1.24. The third kappa shape index (κ3) is 4.36. The summed E-state index contributed by atoms with van der Waals surface area (Å²) in [7, 11) is 3.61. The summed E-state index contributed by atoms with van der Waals surface area (Å²) < 4.78 is 25.9. The minimum Gasteiger partial charge on any atom is -0.403 e. The Morgan fingerprint density at radius 2 is 1.61 bits per heavy atom. The van der Waals surface area contributed by atoms with E-state index in [1.807, 2.05) is 71.0 Å². The molecule has 3 nitrogen and oxygen atoms in total. The van der Waals surface area contributed by atoms with Crippen LogP contribution in [-0.4, -0.2) is 32.4 Å². The van der Waals surface area contributed by atoms with Crippen molar-refractivity contribution >= 4 is 18.9 Å². The summed E-state index contributed by atoms with van der Waals surface area (Å²) in [6, 6.07) is 7.80. The van der Waals surface area contributed by atoms with Gasteiger partial charge in [0.15, 0.2) is 0 Å². The smallest absolute Gasteiger partial charge is 0.403 e. The lowest BCUT2D eigenvalue weighted by Gasteiger charge is -2.32. The van der Waals surface area contributed by atoms with Crippen molar-refractivity contribution in [3.63, 3.8) is 0 Å². The second-order valence-electron chi connectivity index (χ2n) is 7.30. The Hall–Kier alpha value is -1.33. The highest BCUT2D eigenvalue weighted by molar-refractivity contribution is 6.45. The molecule has 1 heterocycles. The van der Waals surface area contributed by atoms with Crippen LogP contribution in [0.3, 0.4) is 0 Å². The summed E-state index contributed by atoms with van der Waals surface area (Å²) >= 11 is 0. The summed E-state index contributed by atoms with van der Waals surface area (Å²) in [6.45, 7) is 8.02. The molecule has 0 atom stereocenters. The molecule has 1 aliphatic rings. The zero-order valence-electron chi connectivity index (χ0n) is 15.0. The van der Waals surface area contributed by atoms with Crippen molar-refractivity contribution in [3.8, 4) is 0 Å². The molecule has 0 amide bonds. The Bertz CT molecular complexity index is 551. The second kappa shape index (κ2) is 6.66. The lowest BCUT2D eigenvalue weighted by molar-refractivity contribution is 0.00578. The molecule has 0 aromatic heterocycles. The van der Waals surface area contributed by atoms with Crippen molar-refractivity contribution in [2.75, 3.05) is 19.0 Å². The van der Waals surface area contributed by atoms with Gasteiger partial charge in [0.1, 0.15) is 5.83 Å². The van der Waals surface area contributed by atoms with E-state index in [2.05, 4.69) is 0 Å². The van der Waals surface area contributed by atoms with Crippen LogP contribution in [0.2, 0.25) is 6.32 Å². The van der Waals surface area contributed by atoms with Gasteiger partial charge in [-0.05, 0) is 64.2 Å². The highest BCUT2D eigenvalue weighted by Crippen LogP contribution is 2.38. The van der Waals surface area contributed by atoms with Crippen molar-refractivity contribution < 1.29 is 13.7 Å².